The number of rotatable bonds is 13. The maximum absolute atomic E-state index is 12.9. The number of allylic oxidation sites excluding steroid dienone is 10. The lowest BCUT2D eigenvalue weighted by atomic mass is 10.0. The lowest BCUT2D eigenvalue weighted by Crippen LogP contribution is -2.14. The van der Waals surface area contributed by atoms with Gasteiger partial charge in [0, 0.05) is 64.4 Å². The van der Waals surface area contributed by atoms with Gasteiger partial charge >= 0.3 is 0 Å². The number of nitrogens with zero attached hydrogens (tertiary/aromatic N) is 8. The van der Waals surface area contributed by atoms with Crippen molar-refractivity contribution in [2.75, 3.05) is 5.17 Å². The summed E-state index contributed by atoms with van der Waals surface area (Å²) in [6.45, 7) is 0. The van der Waals surface area contributed by atoms with E-state index in [1.807, 2.05) is 0 Å². The second-order valence-corrected chi connectivity index (χ2v) is 18.8. The fourth-order valence-electron chi connectivity index (χ4n) is 5.51. The molecule has 1 unspecified atom stereocenters. The first-order chi connectivity index (χ1) is 30.8. The van der Waals surface area contributed by atoms with Crippen LogP contribution in [-0.4, -0.2) is 74.0 Å². The third-order valence-electron chi connectivity index (χ3n) is 8.67. The van der Waals surface area contributed by atoms with Crippen molar-refractivity contribution in [3.8, 4) is 0 Å². The molecule has 2 aliphatic carbocycles. The molecule has 66 heavy (non-hydrogen) atoms. The van der Waals surface area contributed by atoms with E-state index in [4.69, 9.17) is 9.11 Å². The van der Waals surface area contributed by atoms with Crippen molar-refractivity contribution in [1.29, 1.82) is 0 Å². The largest absolute Gasteiger partial charge is 0.737 e. The Morgan fingerprint density at radius 1 is 0.591 bits per heavy atom. The summed E-state index contributed by atoms with van der Waals surface area (Å²) in [5.74, 6) is 0. The van der Waals surface area contributed by atoms with Crippen molar-refractivity contribution in [1.82, 2.24) is 0 Å². The molecule has 4 N–H and O–H groups in total. The van der Waals surface area contributed by atoms with Crippen LogP contribution in [0.3, 0.4) is 0 Å². The van der Waals surface area contributed by atoms with Gasteiger partial charge in [0.1, 0.15) is 26.9 Å². The zero-order valence-electron chi connectivity index (χ0n) is 32.8. The first-order valence-corrected chi connectivity index (χ1v) is 23.6. The molecule has 4 aromatic rings. The minimum atomic E-state index is -5.02. The molecule has 0 spiro atoms. The first-order valence-electron chi connectivity index (χ1n) is 17.9. The maximum atomic E-state index is 12.9. The van der Waals surface area contributed by atoms with Crippen molar-refractivity contribution in [2.45, 2.75) is 9.79 Å². The van der Waals surface area contributed by atoms with Crippen LogP contribution >= 0.6 is 0 Å². The average Bonchev–Trinajstić information content (AvgIpc) is 3.25. The molecule has 0 saturated carbocycles. The molecule has 0 fully saturated rings. The highest BCUT2D eigenvalue weighted by Crippen LogP contribution is 2.29. The molecule has 0 radical (unpaired) electrons. The Kier molecular flexibility index (Phi) is 13.8. The second kappa shape index (κ2) is 19.0. The van der Waals surface area contributed by atoms with Gasteiger partial charge in [-0.15, -0.1) is 0 Å². The van der Waals surface area contributed by atoms with Crippen LogP contribution in [0.25, 0.3) is 0 Å². The molecule has 0 amide bonds. The SMILES string of the molecule is O=[N+](N=C1C=CC(=CC=C2C=CC(=NN([O-])c3ccc(N=[N+]([O-])c4ccc([S+](=O)([O-])O)cc4)cc3)C=C2S(=O)(=O)O)C(S(=O)(=O)O)=C1)c1ccc(N=[N+]([O-])c2ccc(S(=O)(=O)O)cc2)cc1. The van der Waals surface area contributed by atoms with E-state index in [0.29, 0.717) is 0 Å². The summed E-state index contributed by atoms with van der Waals surface area (Å²) in [7, 11) is -19.0. The third-order valence-corrected chi connectivity index (χ3v) is 12.2. The monoisotopic (exact) mass is 980 g/mol. The van der Waals surface area contributed by atoms with Gasteiger partial charge in [-0.3, -0.25) is 13.7 Å². The van der Waals surface area contributed by atoms with Gasteiger partial charge in [-0.25, -0.2) is 0 Å². The number of azo groups is 2. The number of benzene rings is 4. The molecule has 0 bridgehead atoms. The number of anilines is 1. The highest BCUT2D eigenvalue weighted by atomic mass is 32.3. The highest BCUT2D eigenvalue weighted by molar-refractivity contribution is 7.92. The van der Waals surface area contributed by atoms with E-state index in [2.05, 4.69) is 20.4 Å². The van der Waals surface area contributed by atoms with Crippen LogP contribution in [0, 0.1) is 20.5 Å². The van der Waals surface area contributed by atoms with Crippen molar-refractivity contribution in [3.05, 3.63) is 187 Å². The van der Waals surface area contributed by atoms with Crippen LogP contribution in [0.15, 0.2) is 197 Å². The van der Waals surface area contributed by atoms with Crippen LogP contribution in [0.5, 0.6) is 0 Å². The minimum Gasteiger partial charge on any atom is -0.737 e. The van der Waals surface area contributed by atoms with E-state index >= 15 is 0 Å². The van der Waals surface area contributed by atoms with E-state index in [1.54, 1.807) is 0 Å². The van der Waals surface area contributed by atoms with Crippen molar-refractivity contribution in [2.24, 2.45) is 20.4 Å². The Hall–Kier alpha value is -7.38. The van der Waals surface area contributed by atoms with Gasteiger partial charge in [0.15, 0.2) is 9.76 Å². The van der Waals surface area contributed by atoms with Gasteiger partial charge in [0.2, 0.25) is 21.9 Å². The van der Waals surface area contributed by atoms with Gasteiger partial charge in [-0.05, 0) is 84.0 Å². The first kappa shape index (κ1) is 48.1. The van der Waals surface area contributed by atoms with Crippen LogP contribution in [0.1, 0.15) is 0 Å². The molecule has 28 heteroatoms. The minimum absolute atomic E-state index is 0.0562. The quantitative estimate of drug-likeness (QED) is 0.0347. The van der Waals surface area contributed by atoms with Crippen LogP contribution in [-0.2, 0) is 45.1 Å². The number of nitroso groups, excluding NO2 is 1. The van der Waals surface area contributed by atoms with E-state index in [0.717, 1.165) is 85.0 Å². The van der Waals surface area contributed by atoms with E-state index < -0.39 is 60.5 Å². The van der Waals surface area contributed by atoms with Gasteiger partial charge in [-0.2, -0.15) is 34.9 Å². The summed E-state index contributed by atoms with van der Waals surface area (Å²) in [5, 5.41) is 53.0. The normalized spacial score (nSPS) is 18.3. The molecule has 6 rings (SSSR count). The topological polar surface area (TPSA) is 371 Å². The van der Waals surface area contributed by atoms with E-state index in [1.165, 1.54) is 60.7 Å². The molecule has 0 aliphatic heterocycles. The van der Waals surface area contributed by atoms with Crippen LogP contribution in [0.2, 0.25) is 0 Å². The Labute approximate surface area is 374 Å². The zero-order chi connectivity index (χ0) is 48.2. The predicted molar refractivity (Wildman–Crippen MR) is 234 cm³/mol. The summed E-state index contributed by atoms with van der Waals surface area (Å²) < 4.78 is 133. The Balaban J connectivity index is 1.16. The molecule has 2 aliphatic rings. The molecular formula is C38H28N8O16S4. The molecule has 0 heterocycles. The predicted octanol–water partition coefficient (Wildman–Crippen LogP) is 6.91. The van der Waals surface area contributed by atoms with Gasteiger partial charge in [-0.1, -0.05) is 38.2 Å². The van der Waals surface area contributed by atoms with Crippen molar-refractivity contribution < 1.29 is 66.8 Å². The smallest absolute Gasteiger partial charge is 0.295 e. The van der Waals surface area contributed by atoms with Gasteiger partial charge in [0.25, 0.3) is 36.0 Å². The summed E-state index contributed by atoms with van der Waals surface area (Å²) in [4.78, 5) is 10.9. The Bertz CT molecular complexity index is 3340. The maximum Gasteiger partial charge on any atom is 0.295 e. The van der Waals surface area contributed by atoms with E-state index in [-0.39, 0.29) is 76.5 Å². The molecule has 1 atom stereocenters. The van der Waals surface area contributed by atoms with E-state index in [9.17, 15) is 63.6 Å². The summed E-state index contributed by atoms with van der Waals surface area (Å²) in [6, 6.07) is 18.3. The lowest BCUT2D eigenvalue weighted by Gasteiger charge is -2.25. The summed E-state index contributed by atoms with van der Waals surface area (Å²) >= 11 is 0. The summed E-state index contributed by atoms with van der Waals surface area (Å²) in [6.07, 6.45) is 8.44. The average molecular weight is 981 g/mol. The third kappa shape index (κ3) is 12.2. The number of hydrogen-bond donors (Lipinski definition) is 4. The summed E-state index contributed by atoms with van der Waals surface area (Å²) in [5.41, 5.74) is -1.26. The fraction of sp³-hybridized carbons (Fsp3) is 0. The molecular weight excluding hydrogens is 953 g/mol. The Morgan fingerprint density at radius 2 is 1.02 bits per heavy atom. The van der Waals surface area contributed by atoms with Gasteiger partial charge < -0.3 is 25.3 Å². The van der Waals surface area contributed by atoms with Gasteiger partial charge in [0.05, 0.1) is 20.6 Å². The number of hydrazone groups is 2. The van der Waals surface area contributed by atoms with Crippen LogP contribution in [0.4, 0.5) is 34.1 Å². The number of hydrogen-bond acceptors (Lipinski definition) is 16. The molecule has 4 aromatic carbocycles. The van der Waals surface area contributed by atoms with Crippen LogP contribution < -0.4 is 5.17 Å². The Morgan fingerprint density at radius 3 is 1.47 bits per heavy atom. The zero-order valence-corrected chi connectivity index (χ0v) is 36.0. The van der Waals surface area contributed by atoms with Crippen molar-refractivity contribution >= 4 is 86.4 Å². The van der Waals surface area contributed by atoms with Crippen molar-refractivity contribution in [3.63, 3.8) is 0 Å². The highest BCUT2D eigenvalue weighted by Gasteiger charge is 2.25. The lowest BCUT2D eigenvalue weighted by molar-refractivity contribution is -0.467. The molecule has 0 saturated heterocycles. The molecule has 0 aromatic heterocycles. The second-order valence-electron chi connectivity index (χ2n) is 13.2. The molecule has 24 nitrogen and oxygen atoms in total. The molecule has 340 valence electrons. The standard InChI is InChI=1S/C38H28N8O16S4/c47-43(33-15-19-35(20-16-33)63(51,52)53)39-27-7-11-31(12-8-27)45(49)41-29-5-3-25(37(23-29)65(57,58)59)1-2-26-4-6-30(24-38(26)66(60,61)62)42-46(50)32-13-9-28(10-14-32)40-44(48)34-17-21-36(22-18-34)64(54,55)56/h1-24H,(H4-,51,52,53,54,55,56,57,58,59,60,61,62). The fourth-order valence-corrected chi connectivity index (χ4v) is 7.87.